The van der Waals surface area contributed by atoms with Crippen molar-refractivity contribution in [3.05, 3.63) is 53.6 Å². The lowest BCUT2D eigenvalue weighted by Crippen LogP contribution is -2.33. The van der Waals surface area contributed by atoms with Gasteiger partial charge < -0.3 is 14.8 Å². The maximum atomic E-state index is 13.7. The van der Waals surface area contributed by atoms with Gasteiger partial charge in [0.25, 0.3) is 0 Å². The second-order valence-electron chi connectivity index (χ2n) is 6.68. The third kappa shape index (κ3) is 3.73. The van der Waals surface area contributed by atoms with E-state index >= 15 is 0 Å². The van der Waals surface area contributed by atoms with Crippen LogP contribution >= 0.6 is 0 Å². The molecule has 1 fully saturated rings. The first-order valence-corrected chi connectivity index (χ1v) is 8.99. The van der Waals surface area contributed by atoms with Crippen LogP contribution in [0.2, 0.25) is 0 Å². The van der Waals surface area contributed by atoms with Gasteiger partial charge in [0, 0.05) is 6.04 Å². The predicted octanol–water partition coefficient (Wildman–Crippen LogP) is 3.51. The second kappa shape index (κ2) is 7.52. The fourth-order valence-electron chi connectivity index (χ4n) is 3.64. The van der Waals surface area contributed by atoms with E-state index in [-0.39, 0.29) is 12.6 Å². The number of fused-ring (bicyclic) bond motifs is 1. The summed E-state index contributed by atoms with van der Waals surface area (Å²) >= 11 is 0. The van der Waals surface area contributed by atoms with Crippen LogP contribution in [0.1, 0.15) is 24.4 Å². The molecule has 142 valence electrons. The third-order valence-electron chi connectivity index (χ3n) is 4.89. The van der Waals surface area contributed by atoms with Crippen LogP contribution in [0.25, 0.3) is 0 Å². The number of para-hydroxylation sites is 1. The molecule has 4 rings (SSSR count). The molecule has 7 heteroatoms. The first-order chi connectivity index (χ1) is 13.1. The lowest BCUT2D eigenvalue weighted by atomic mass is 10.0. The zero-order valence-electron chi connectivity index (χ0n) is 14.7. The van der Waals surface area contributed by atoms with Gasteiger partial charge in [0.15, 0.2) is 11.5 Å². The highest BCUT2D eigenvalue weighted by molar-refractivity contribution is 5.92. The number of anilines is 1. The zero-order chi connectivity index (χ0) is 18.8. The normalized spacial score (nSPS) is 19.1. The van der Waals surface area contributed by atoms with Crippen molar-refractivity contribution in [2.24, 2.45) is 0 Å². The number of nitrogens with zero attached hydrogens (tertiary/aromatic N) is 1. The predicted molar refractivity (Wildman–Crippen MR) is 96.0 cm³/mol. The van der Waals surface area contributed by atoms with Gasteiger partial charge in [-0.25, -0.2) is 8.78 Å². The van der Waals surface area contributed by atoms with Crippen molar-refractivity contribution in [3.63, 3.8) is 0 Å². The standard InChI is InChI=1S/C20H20F2N2O3/c21-14-3-1-4-15(22)20(14)23-19(25)12-24-8-2-5-16(24)13-6-7-17-18(11-13)27-10-9-26-17/h1,3-4,6-7,11,16H,2,5,8-10,12H2,(H,23,25)/t16-/m1/s1. The molecular weight excluding hydrogens is 354 g/mol. The summed E-state index contributed by atoms with van der Waals surface area (Å²) in [6.45, 7) is 1.86. The molecule has 2 aliphatic rings. The molecular formula is C20H20F2N2O3. The summed E-state index contributed by atoms with van der Waals surface area (Å²) in [6, 6.07) is 9.36. The van der Waals surface area contributed by atoms with Gasteiger partial charge in [-0.1, -0.05) is 12.1 Å². The van der Waals surface area contributed by atoms with Gasteiger partial charge in [-0.2, -0.15) is 0 Å². The van der Waals surface area contributed by atoms with Crippen molar-refractivity contribution in [1.82, 2.24) is 4.90 Å². The van der Waals surface area contributed by atoms with E-state index in [4.69, 9.17) is 9.47 Å². The minimum absolute atomic E-state index is 0.0528. The number of ether oxygens (including phenoxy) is 2. The number of benzene rings is 2. The van der Waals surface area contributed by atoms with Crippen LogP contribution in [0, 0.1) is 11.6 Å². The molecule has 2 aliphatic heterocycles. The number of halogens is 2. The third-order valence-corrected chi connectivity index (χ3v) is 4.89. The Hall–Kier alpha value is -2.67. The van der Waals surface area contributed by atoms with Crippen LogP contribution in [-0.4, -0.2) is 37.1 Å². The molecule has 0 saturated carbocycles. The van der Waals surface area contributed by atoms with E-state index in [0.29, 0.717) is 19.0 Å². The molecule has 0 spiro atoms. The average Bonchev–Trinajstić information content (AvgIpc) is 3.12. The summed E-state index contributed by atoms with van der Waals surface area (Å²) in [4.78, 5) is 14.4. The summed E-state index contributed by atoms with van der Waals surface area (Å²) in [5, 5.41) is 2.35. The smallest absolute Gasteiger partial charge is 0.238 e. The van der Waals surface area contributed by atoms with E-state index in [1.54, 1.807) is 0 Å². The van der Waals surface area contributed by atoms with Gasteiger partial charge in [-0.3, -0.25) is 9.69 Å². The molecule has 1 amide bonds. The first kappa shape index (κ1) is 17.7. The minimum atomic E-state index is -0.784. The van der Waals surface area contributed by atoms with Crippen molar-refractivity contribution in [3.8, 4) is 11.5 Å². The number of carbonyl (C=O) groups excluding carboxylic acids is 1. The molecule has 1 saturated heterocycles. The number of amides is 1. The Morgan fingerprint density at radius 2 is 1.85 bits per heavy atom. The van der Waals surface area contributed by atoms with Gasteiger partial charge in [0.1, 0.15) is 30.5 Å². The average molecular weight is 374 g/mol. The van der Waals surface area contributed by atoms with E-state index in [0.717, 1.165) is 42.8 Å². The zero-order valence-corrected chi connectivity index (χ0v) is 14.7. The fourth-order valence-corrected chi connectivity index (χ4v) is 3.64. The number of nitrogens with one attached hydrogen (secondary N) is 1. The minimum Gasteiger partial charge on any atom is -0.486 e. The number of rotatable bonds is 4. The van der Waals surface area contributed by atoms with E-state index in [1.807, 2.05) is 23.1 Å². The molecule has 0 radical (unpaired) electrons. The van der Waals surface area contributed by atoms with Crippen molar-refractivity contribution >= 4 is 11.6 Å². The van der Waals surface area contributed by atoms with Gasteiger partial charge in [-0.15, -0.1) is 0 Å². The molecule has 1 atom stereocenters. The molecule has 0 bridgehead atoms. The van der Waals surface area contributed by atoms with Crippen LogP contribution < -0.4 is 14.8 Å². The van der Waals surface area contributed by atoms with Gasteiger partial charge in [0.05, 0.1) is 6.54 Å². The van der Waals surface area contributed by atoms with E-state index in [9.17, 15) is 13.6 Å². The fraction of sp³-hybridized carbons (Fsp3) is 0.350. The number of hydrogen-bond acceptors (Lipinski definition) is 4. The van der Waals surface area contributed by atoms with E-state index < -0.39 is 23.2 Å². The Morgan fingerprint density at radius 1 is 1.11 bits per heavy atom. The molecule has 0 aliphatic carbocycles. The molecule has 27 heavy (non-hydrogen) atoms. The number of carbonyl (C=O) groups is 1. The molecule has 2 aromatic carbocycles. The van der Waals surface area contributed by atoms with Crippen molar-refractivity contribution in [2.75, 3.05) is 31.6 Å². The molecule has 0 unspecified atom stereocenters. The number of hydrogen-bond donors (Lipinski definition) is 1. The Morgan fingerprint density at radius 3 is 2.63 bits per heavy atom. The monoisotopic (exact) mass is 374 g/mol. The SMILES string of the molecule is O=C(CN1CCC[C@@H]1c1ccc2c(c1)OCCO2)Nc1c(F)cccc1F. The number of likely N-dealkylation sites (tertiary alicyclic amines) is 1. The van der Waals surface area contributed by atoms with Crippen LogP contribution in [-0.2, 0) is 4.79 Å². The highest BCUT2D eigenvalue weighted by Gasteiger charge is 2.29. The van der Waals surface area contributed by atoms with E-state index in [2.05, 4.69) is 5.32 Å². The summed E-state index contributed by atoms with van der Waals surface area (Å²) in [7, 11) is 0. The first-order valence-electron chi connectivity index (χ1n) is 8.99. The molecule has 1 N–H and O–H groups in total. The van der Waals surface area contributed by atoms with Gasteiger partial charge >= 0.3 is 0 Å². The largest absolute Gasteiger partial charge is 0.486 e. The van der Waals surface area contributed by atoms with Gasteiger partial charge in [-0.05, 0) is 49.2 Å². The molecule has 2 heterocycles. The Bertz CT molecular complexity index is 839. The van der Waals surface area contributed by atoms with Crippen molar-refractivity contribution < 1.29 is 23.0 Å². The second-order valence-corrected chi connectivity index (χ2v) is 6.68. The topological polar surface area (TPSA) is 50.8 Å². The maximum Gasteiger partial charge on any atom is 0.238 e. The van der Waals surface area contributed by atoms with Gasteiger partial charge in [0.2, 0.25) is 5.91 Å². The van der Waals surface area contributed by atoms with Crippen LogP contribution in [0.3, 0.4) is 0 Å². The highest BCUT2D eigenvalue weighted by atomic mass is 19.1. The van der Waals surface area contributed by atoms with Crippen LogP contribution in [0.5, 0.6) is 11.5 Å². The maximum absolute atomic E-state index is 13.7. The highest BCUT2D eigenvalue weighted by Crippen LogP contribution is 2.38. The quantitative estimate of drug-likeness (QED) is 0.890. The summed E-state index contributed by atoms with van der Waals surface area (Å²) in [5.41, 5.74) is 0.638. The van der Waals surface area contributed by atoms with Crippen molar-refractivity contribution in [2.45, 2.75) is 18.9 Å². The summed E-state index contributed by atoms with van der Waals surface area (Å²) in [5.74, 6) is -0.574. The summed E-state index contributed by atoms with van der Waals surface area (Å²) in [6.07, 6.45) is 1.85. The Kier molecular flexibility index (Phi) is 4.94. The van der Waals surface area contributed by atoms with Crippen LogP contribution in [0.4, 0.5) is 14.5 Å². The molecule has 0 aromatic heterocycles. The summed E-state index contributed by atoms with van der Waals surface area (Å²) < 4.78 is 38.7. The van der Waals surface area contributed by atoms with Crippen LogP contribution in [0.15, 0.2) is 36.4 Å². The molecule has 2 aromatic rings. The molecule has 5 nitrogen and oxygen atoms in total. The van der Waals surface area contributed by atoms with Crippen molar-refractivity contribution in [1.29, 1.82) is 0 Å². The van der Waals surface area contributed by atoms with E-state index in [1.165, 1.54) is 6.07 Å². The lowest BCUT2D eigenvalue weighted by molar-refractivity contribution is -0.117. The Balaban J connectivity index is 1.46. The Labute approximate surface area is 155 Å². The lowest BCUT2D eigenvalue weighted by Gasteiger charge is -2.26.